The van der Waals surface area contributed by atoms with Crippen molar-refractivity contribution < 1.29 is 14.5 Å². The number of nitro benzene ring substituents is 1. The molecule has 9 heteroatoms. The van der Waals surface area contributed by atoms with Gasteiger partial charge in [-0.05, 0) is 37.3 Å². The SMILES string of the molecule is CC(C(=O)Nc1ccc(N2CCOCC2)cc1)N1CCN(c2ccccc2[N+](=O)[O-])CC1. The highest BCUT2D eigenvalue weighted by molar-refractivity contribution is 5.94. The van der Waals surface area contributed by atoms with Gasteiger partial charge in [-0.2, -0.15) is 0 Å². The predicted octanol–water partition coefficient (Wildman–Crippen LogP) is 2.58. The Kier molecular flexibility index (Phi) is 6.87. The number of nitrogens with zero attached hydrogens (tertiary/aromatic N) is 4. The predicted molar refractivity (Wildman–Crippen MR) is 124 cm³/mol. The second-order valence-corrected chi connectivity index (χ2v) is 8.08. The van der Waals surface area contributed by atoms with Gasteiger partial charge in [-0.1, -0.05) is 12.1 Å². The minimum atomic E-state index is -0.345. The van der Waals surface area contributed by atoms with Gasteiger partial charge in [0.05, 0.1) is 24.2 Å². The van der Waals surface area contributed by atoms with E-state index in [2.05, 4.69) is 15.1 Å². The van der Waals surface area contributed by atoms with Gasteiger partial charge in [-0.15, -0.1) is 0 Å². The van der Waals surface area contributed by atoms with Crippen molar-refractivity contribution >= 4 is 28.7 Å². The molecule has 2 heterocycles. The summed E-state index contributed by atoms with van der Waals surface area (Å²) in [4.78, 5) is 30.2. The Hall–Kier alpha value is -3.17. The maximum atomic E-state index is 12.8. The van der Waals surface area contributed by atoms with E-state index in [-0.39, 0.29) is 22.6 Å². The van der Waals surface area contributed by atoms with Crippen LogP contribution in [-0.4, -0.2) is 74.3 Å². The number of hydrogen-bond donors (Lipinski definition) is 1. The molecule has 2 aromatic carbocycles. The monoisotopic (exact) mass is 439 g/mol. The van der Waals surface area contributed by atoms with Crippen LogP contribution in [0.5, 0.6) is 0 Å². The Morgan fingerprint density at radius 2 is 1.62 bits per heavy atom. The summed E-state index contributed by atoms with van der Waals surface area (Å²) < 4.78 is 5.39. The molecule has 2 fully saturated rings. The number of nitrogens with one attached hydrogen (secondary N) is 1. The molecule has 0 radical (unpaired) electrons. The molecule has 0 aromatic heterocycles. The van der Waals surface area contributed by atoms with E-state index >= 15 is 0 Å². The number of anilines is 3. The van der Waals surface area contributed by atoms with Gasteiger partial charge < -0.3 is 19.9 Å². The molecule has 0 aliphatic carbocycles. The smallest absolute Gasteiger partial charge is 0.292 e. The summed E-state index contributed by atoms with van der Waals surface area (Å²) >= 11 is 0. The summed E-state index contributed by atoms with van der Waals surface area (Å²) in [6.07, 6.45) is 0. The van der Waals surface area contributed by atoms with Crippen LogP contribution in [0, 0.1) is 10.1 Å². The Morgan fingerprint density at radius 3 is 2.28 bits per heavy atom. The first-order valence-electron chi connectivity index (χ1n) is 11.0. The Morgan fingerprint density at radius 1 is 0.969 bits per heavy atom. The lowest BCUT2D eigenvalue weighted by atomic mass is 10.1. The van der Waals surface area contributed by atoms with E-state index in [1.54, 1.807) is 12.1 Å². The molecule has 4 rings (SSSR count). The van der Waals surface area contributed by atoms with Gasteiger partial charge in [-0.3, -0.25) is 19.8 Å². The third kappa shape index (κ3) is 5.00. The minimum absolute atomic E-state index is 0.0525. The van der Waals surface area contributed by atoms with Crippen molar-refractivity contribution in [3.8, 4) is 0 Å². The molecule has 0 spiro atoms. The van der Waals surface area contributed by atoms with Crippen LogP contribution in [0.15, 0.2) is 48.5 Å². The number of rotatable bonds is 6. The van der Waals surface area contributed by atoms with Crippen LogP contribution in [0.3, 0.4) is 0 Å². The molecule has 9 nitrogen and oxygen atoms in total. The van der Waals surface area contributed by atoms with E-state index < -0.39 is 0 Å². The maximum Gasteiger partial charge on any atom is 0.292 e. The van der Waals surface area contributed by atoms with Crippen LogP contribution >= 0.6 is 0 Å². The van der Waals surface area contributed by atoms with Gasteiger partial charge in [0.1, 0.15) is 5.69 Å². The maximum absolute atomic E-state index is 12.8. The average molecular weight is 440 g/mol. The molecular weight excluding hydrogens is 410 g/mol. The number of piperazine rings is 1. The number of ether oxygens (including phenoxy) is 1. The molecule has 2 aliphatic rings. The number of benzene rings is 2. The van der Waals surface area contributed by atoms with Crippen molar-refractivity contribution in [2.45, 2.75) is 13.0 Å². The standard InChI is InChI=1S/C23H29N5O4/c1-18(23(29)24-19-6-8-20(9-7-19)26-14-16-32-17-15-26)25-10-12-27(13-11-25)21-4-2-3-5-22(21)28(30)31/h2-9,18H,10-17H2,1H3,(H,24,29). The van der Waals surface area contributed by atoms with Crippen LogP contribution in [0.4, 0.5) is 22.7 Å². The second-order valence-electron chi connectivity index (χ2n) is 8.08. The molecule has 1 amide bonds. The fourth-order valence-corrected chi connectivity index (χ4v) is 4.23. The summed E-state index contributed by atoms with van der Waals surface area (Å²) in [7, 11) is 0. The second kappa shape index (κ2) is 9.97. The van der Waals surface area contributed by atoms with Gasteiger partial charge >= 0.3 is 0 Å². The van der Waals surface area contributed by atoms with Crippen LogP contribution in [0.2, 0.25) is 0 Å². The van der Waals surface area contributed by atoms with Crippen LogP contribution < -0.4 is 15.1 Å². The molecule has 1 atom stereocenters. The van der Waals surface area contributed by atoms with E-state index in [0.29, 0.717) is 31.9 Å². The molecule has 0 saturated carbocycles. The number of para-hydroxylation sites is 2. The Balaban J connectivity index is 1.31. The molecule has 170 valence electrons. The van der Waals surface area contributed by atoms with Gasteiger partial charge in [0.25, 0.3) is 5.69 Å². The highest BCUT2D eigenvalue weighted by Gasteiger charge is 2.28. The molecule has 1 N–H and O–H groups in total. The van der Waals surface area contributed by atoms with E-state index in [0.717, 1.165) is 37.7 Å². The van der Waals surface area contributed by atoms with Crippen LogP contribution in [0.25, 0.3) is 0 Å². The average Bonchev–Trinajstić information content (AvgIpc) is 2.84. The largest absolute Gasteiger partial charge is 0.378 e. The van der Waals surface area contributed by atoms with E-state index in [9.17, 15) is 14.9 Å². The number of amides is 1. The fourth-order valence-electron chi connectivity index (χ4n) is 4.23. The molecule has 0 bridgehead atoms. The van der Waals surface area contributed by atoms with Crippen molar-refractivity contribution in [3.05, 3.63) is 58.6 Å². The lowest BCUT2D eigenvalue weighted by Crippen LogP contribution is -2.53. The van der Waals surface area contributed by atoms with E-state index in [1.165, 1.54) is 6.07 Å². The normalized spacial score (nSPS) is 18.3. The van der Waals surface area contributed by atoms with Gasteiger partial charge in [0, 0.05) is 56.7 Å². The highest BCUT2D eigenvalue weighted by Crippen LogP contribution is 2.28. The van der Waals surface area contributed by atoms with Gasteiger partial charge in [0.2, 0.25) is 5.91 Å². The highest BCUT2D eigenvalue weighted by atomic mass is 16.6. The third-order valence-electron chi connectivity index (χ3n) is 6.17. The van der Waals surface area contributed by atoms with E-state index in [1.807, 2.05) is 42.2 Å². The first-order chi connectivity index (χ1) is 15.5. The number of morpholine rings is 1. The van der Waals surface area contributed by atoms with Gasteiger partial charge in [0.15, 0.2) is 0 Å². The quantitative estimate of drug-likeness (QED) is 0.546. The summed E-state index contributed by atoms with van der Waals surface area (Å²) in [6.45, 7) is 7.72. The van der Waals surface area contributed by atoms with Crippen LogP contribution in [0.1, 0.15) is 6.92 Å². The topological polar surface area (TPSA) is 91.2 Å². The molecule has 1 unspecified atom stereocenters. The minimum Gasteiger partial charge on any atom is -0.378 e. The van der Waals surface area contributed by atoms with Gasteiger partial charge in [-0.25, -0.2) is 0 Å². The Bertz CT molecular complexity index is 938. The molecule has 2 aromatic rings. The lowest BCUT2D eigenvalue weighted by Gasteiger charge is -2.38. The summed E-state index contributed by atoms with van der Waals surface area (Å²) in [5.41, 5.74) is 2.66. The van der Waals surface area contributed by atoms with Crippen molar-refractivity contribution in [2.24, 2.45) is 0 Å². The molecule has 32 heavy (non-hydrogen) atoms. The zero-order valence-corrected chi connectivity index (χ0v) is 18.3. The van der Waals surface area contributed by atoms with Crippen molar-refractivity contribution in [3.63, 3.8) is 0 Å². The first kappa shape index (κ1) is 22.0. The fraction of sp³-hybridized carbons (Fsp3) is 0.435. The molecular formula is C23H29N5O4. The number of carbonyl (C=O) groups excluding carboxylic acids is 1. The van der Waals surface area contributed by atoms with Crippen LogP contribution in [-0.2, 0) is 9.53 Å². The Labute approximate surface area is 187 Å². The van der Waals surface area contributed by atoms with E-state index in [4.69, 9.17) is 4.74 Å². The number of nitro groups is 1. The van der Waals surface area contributed by atoms with Crippen molar-refractivity contribution in [1.29, 1.82) is 0 Å². The molecule has 2 saturated heterocycles. The summed E-state index contributed by atoms with van der Waals surface area (Å²) in [6, 6.07) is 14.4. The summed E-state index contributed by atoms with van der Waals surface area (Å²) in [5, 5.41) is 14.3. The first-order valence-corrected chi connectivity index (χ1v) is 11.0. The van der Waals surface area contributed by atoms with Crippen molar-refractivity contribution in [1.82, 2.24) is 4.90 Å². The summed E-state index contributed by atoms with van der Waals surface area (Å²) in [5.74, 6) is -0.0525. The lowest BCUT2D eigenvalue weighted by molar-refractivity contribution is -0.384. The zero-order valence-electron chi connectivity index (χ0n) is 18.3. The zero-order chi connectivity index (χ0) is 22.5. The third-order valence-corrected chi connectivity index (χ3v) is 6.17. The number of carbonyl (C=O) groups is 1. The van der Waals surface area contributed by atoms with Crippen molar-refractivity contribution in [2.75, 3.05) is 67.6 Å². The molecule has 2 aliphatic heterocycles. The number of hydrogen-bond acceptors (Lipinski definition) is 7.